The van der Waals surface area contributed by atoms with E-state index in [0.717, 1.165) is 17.5 Å². The molecule has 1 fully saturated rings. The molecule has 0 unspecified atom stereocenters. The van der Waals surface area contributed by atoms with Crippen molar-refractivity contribution >= 4 is 33.3 Å². The van der Waals surface area contributed by atoms with Crippen molar-refractivity contribution in [3.8, 4) is 5.75 Å². The maximum absolute atomic E-state index is 13.8. The second-order valence-corrected chi connectivity index (χ2v) is 11.7. The molecule has 1 saturated heterocycles. The largest absolute Gasteiger partial charge is 0.497 e. The van der Waals surface area contributed by atoms with Gasteiger partial charge in [-0.25, -0.2) is 13.1 Å². The number of amides is 1. The lowest BCUT2D eigenvalue weighted by Crippen LogP contribution is -2.40. The Bertz CT molecular complexity index is 1440. The van der Waals surface area contributed by atoms with E-state index in [1.165, 1.54) is 6.07 Å². The Hall–Kier alpha value is -3.89. The lowest BCUT2D eigenvalue weighted by Gasteiger charge is -2.34. The van der Waals surface area contributed by atoms with E-state index in [1.807, 2.05) is 47.4 Å². The Labute approximate surface area is 241 Å². The van der Waals surface area contributed by atoms with Crippen molar-refractivity contribution in [1.82, 2.24) is 4.72 Å². The van der Waals surface area contributed by atoms with Crippen LogP contribution in [-0.2, 0) is 30.8 Å². The van der Waals surface area contributed by atoms with Gasteiger partial charge in [-0.15, -0.1) is 0 Å². The standard InChI is InChI=1S/C31H37N3O6S/c1-4-40-31(36)25-11-8-18-34(21-25)28-17-14-26(32-30(35)19-23-12-15-27(39-3)16-13-23)20-29(28)41(37,38)33-22(2)24-9-6-5-7-10-24/h5-7,9-10,12-17,20,22,25,33H,4,8,11,18-19,21H2,1-3H3,(H,32,35)/t22-,25+/m1/s1. The molecule has 0 aromatic heterocycles. The Morgan fingerprint density at radius 2 is 1.78 bits per heavy atom. The number of hydrogen-bond donors (Lipinski definition) is 2. The van der Waals surface area contributed by atoms with E-state index >= 15 is 0 Å². The van der Waals surface area contributed by atoms with Gasteiger partial charge in [-0.05, 0) is 68.1 Å². The first-order chi connectivity index (χ1) is 19.7. The number of esters is 1. The zero-order chi connectivity index (χ0) is 29.4. The van der Waals surface area contributed by atoms with Crippen molar-refractivity contribution < 1.29 is 27.5 Å². The Morgan fingerprint density at radius 3 is 2.46 bits per heavy atom. The van der Waals surface area contributed by atoms with E-state index < -0.39 is 16.1 Å². The van der Waals surface area contributed by atoms with E-state index in [4.69, 9.17) is 9.47 Å². The molecule has 0 saturated carbocycles. The smallest absolute Gasteiger partial charge is 0.310 e. The molecule has 3 aromatic carbocycles. The topological polar surface area (TPSA) is 114 Å². The van der Waals surface area contributed by atoms with Gasteiger partial charge in [0.05, 0.1) is 31.7 Å². The number of anilines is 2. The van der Waals surface area contributed by atoms with Gasteiger partial charge in [0.25, 0.3) is 0 Å². The molecule has 2 N–H and O–H groups in total. The number of methoxy groups -OCH3 is 1. The average Bonchev–Trinajstić information content (AvgIpc) is 2.98. The monoisotopic (exact) mass is 579 g/mol. The first-order valence-corrected chi connectivity index (χ1v) is 15.2. The number of carbonyl (C=O) groups is 2. The molecule has 1 amide bonds. The fourth-order valence-electron chi connectivity index (χ4n) is 4.96. The summed E-state index contributed by atoms with van der Waals surface area (Å²) in [6, 6.07) is 20.9. The van der Waals surface area contributed by atoms with E-state index in [-0.39, 0.29) is 29.1 Å². The summed E-state index contributed by atoms with van der Waals surface area (Å²) in [7, 11) is -2.46. The quantitative estimate of drug-likeness (QED) is 0.317. The van der Waals surface area contributed by atoms with Crippen LogP contribution in [-0.4, -0.2) is 47.1 Å². The maximum Gasteiger partial charge on any atom is 0.310 e. The van der Waals surface area contributed by atoms with Gasteiger partial charge in [0.2, 0.25) is 15.9 Å². The third-order valence-corrected chi connectivity index (χ3v) is 8.64. The number of benzene rings is 3. The van der Waals surface area contributed by atoms with Crippen molar-refractivity contribution in [2.75, 3.05) is 37.0 Å². The molecule has 1 heterocycles. The van der Waals surface area contributed by atoms with E-state index in [2.05, 4.69) is 10.0 Å². The maximum atomic E-state index is 13.8. The molecule has 3 aromatic rings. The van der Waals surface area contributed by atoms with Gasteiger partial charge in [-0.1, -0.05) is 42.5 Å². The molecular weight excluding hydrogens is 542 g/mol. The second kappa shape index (κ2) is 13.6. The average molecular weight is 580 g/mol. The molecular formula is C31H37N3O6S. The molecule has 0 radical (unpaired) electrons. The van der Waals surface area contributed by atoms with Gasteiger partial charge in [-0.3, -0.25) is 9.59 Å². The molecule has 0 bridgehead atoms. The van der Waals surface area contributed by atoms with Gasteiger partial charge in [0.1, 0.15) is 10.6 Å². The van der Waals surface area contributed by atoms with Crippen LogP contribution in [0.3, 0.4) is 0 Å². The van der Waals surface area contributed by atoms with E-state index in [0.29, 0.717) is 43.2 Å². The Morgan fingerprint density at radius 1 is 1.05 bits per heavy atom. The Kier molecular flexibility index (Phi) is 10.0. The zero-order valence-corrected chi connectivity index (χ0v) is 24.4. The number of sulfonamides is 1. The summed E-state index contributed by atoms with van der Waals surface area (Å²) in [6.45, 7) is 4.78. The van der Waals surface area contributed by atoms with Crippen LogP contribution in [0.2, 0.25) is 0 Å². The molecule has 41 heavy (non-hydrogen) atoms. The van der Waals surface area contributed by atoms with Crippen molar-refractivity contribution in [1.29, 1.82) is 0 Å². The minimum absolute atomic E-state index is 0.0343. The van der Waals surface area contributed by atoms with Crippen LogP contribution in [0, 0.1) is 5.92 Å². The minimum Gasteiger partial charge on any atom is -0.497 e. The molecule has 2 atom stereocenters. The summed E-state index contributed by atoms with van der Waals surface area (Å²) in [5, 5.41) is 2.84. The van der Waals surface area contributed by atoms with Crippen LogP contribution in [0.15, 0.2) is 77.7 Å². The highest BCUT2D eigenvalue weighted by Crippen LogP contribution is 2.33. The molecule has 9 nitrogen and oxygen atoms in total. The van der Waals surface area contributed by atoms with Crippen LogP contribution in [0.4, 0.5) is 11.4 Å². The zero-order valence-electron chi connectivity index (χ0n) is 23.6. The summed E-state index contributed by atoms with van der Waals surface area (Å²) in [5.41, 5.74) is 2.45. The van der Waals surface area contributed by atoms with Crippen molar-refractivity contribution in [2.45, 2.75) is 44.0 Å². The van der Waals surface area contributed by atoms with Crippen molar-refractivity contribution in [3.63, 3.8) is 0 Å². The summed E-state index contributed by atoms with van der Waals surface area (Å²) < 4.78 is 40.9. The highest BCUT2D eigenvalue weighted by atomic mass is 32.2. The van der Waals surface area contributed by atoms with Crippen LogP contribution in [0.25, 0.3) is 0 Å². The molecule has 0 spiro atoms. The van der Waals surface area contributed by atoms with Crippen LogP contribution < -0.4 is 19.7 Å². The number of rotatable bonds is 11. The summed E-state index contributed by atoms with van der Waals surface area (Å²) in [5.74, 6) is -0.212. The number of piperidine rings is 1. The summed E-state index contributed by atoms with van der Waals surface area (Å²) in [4.78, 5) is 27.3. The molecule has 0 aliphatic carbocycles. The van der Waals surface area contributed by atoms with Gasteiger partial charge >= 0.3 is 5.97 Å². The highest BCUT2D eigenvalue weighted by molar-refractivity contribution is 7.89. The number of carbonyl (C=O) groups excluding carboxylic acids is 2. The SMILES string of the molecule is CCOC(=O)[C@H]1CCCN(c2ccc(NC(=O)Cc3ccc(OC)cc3)cc2S(=O)(=O)N[C@H](C)c2ccccc2)C1. The van der Waals surface area contributed by atoms with Gasteiger partial charge in [-0.2, -0.15) is 0 Å². The predicted octanol–water partition coefficient (Wildman–Crippen LogP) is 4.70. The molecule has 4 rings (SSSR count). The molecule has 10 heteroatoms. The Balaban J connectivity index is 1.62. The summed E-state index contributed by atoms with van der Waals surface area (Å²) >= 11 is 0. The molecule has 1 aliphatic rings. The predicted molar refractivity (Wildman–Crippen MR) is 159 cm³/mol. The number of nitrogens with one attached hydrogen (secondary N) is 2. The van der Waals surface area contributed by atoms with E-state index in [1.54, 1.807) is 45.2 Å². The lowest BCUT2D eigenvalue weighted by molar-refractivity contribution is -0.148. The first-order valence-electron chi connectivity index (χ1n) is 13.8. The number of ether oxygens (including phenoxy) is 2. The third kappa shape index (κ3) is 7.86. The first kappa shape index (κ1) is 30.1. The second-order valence-electron chi connectivity index (χ2n) is 10.0. The normalized spacial score (nSPS) is 16.1. The minimum atomic E-state index is -4.03. The van der Waals surface area contributed by atoms with Gasteiger partial charge < -0.3 is 19.7 Å². The number of nitrogens with zero attached hydrogens (tertiary/aromatic N) is 1. The highest BCUT2D eigenvalue weighted by Gasteiger charge is 2.31. The van der Waals surface area contributed by atoms with Crippen molar-refractivity contribution in [3.05, 3.63) is 83.9 Å². The number of hydrogen-bond acceptors (Lipinski definition) is 7. The summed E-state index contributed by atoms with van der Waals surface area (Å²) in [6.07, 6.45) is 1.52. The lowest BCUT2D eigenvalue weighted by atomic mass is 9.97. The van der Waals surface area contributed by atoms with Crippen molar-refractivity contribution in [2.24, 2.45) is 5.92 Å². The van der Waals surface area contributed by atoms with Crippen LogP contribution in [0.5, 0.6) is 5.75 Å². The van der Waals surface area contributed by atoms with Crippen LogP contribution >= 0.6 is 0 Å². The fourth-order valence-corrected chi connectivity index (χ4v) is 6.44. The molecule has 218 valence electrons. The van der Waals surface area contributed by atoms with E-state index in [9.17, 15) is 18.0 Å². The van der Waals surface area contributed by atoms with Gasteiger partial charge in [0.15, 0.2) is 0 Å². The fraction of sp³-hybridized carbons (Fsp3) is 0.355. The third-order valence-electron chi connectivity index (χ3n) is 7.07. The molecule has 1 aliphatic heterocycles. The van der Waals surface area contributed by atoms with Gasteiger partial charge in [0, 0.05) is 24.8 Å². The van der Waals surface area contributed by atoms with Crippen LogP contribution in [0.1, 0.15) is 43.9 Å².